The van der Waals surface area contributed by atoms with E-state index in [4.69, 9.17) is 9.30 Å². The van der Waals surface area contributed by atoms with Crippen molar-refractivity contribution in [1.29, 1.82) is 0 Å². The standard InChI is InChI=1S/C5H5.C3H7N.2CO.Mn/c1-2-4-5-3-1;1-3-4-2;2*1-2;/h1-5H;4H,1-2H3;;;. The minimum absolute atomic E-state index is 1.07. The Labute approximate surface area is 93.1 Å². The molecule has 1 rings (SSSR count). The quantitative estimate of drug-likeness (QED) is 0.412. The molecule has 0 atom stereocenters. The predicted molar refractivity (Wildman–Crippen MR) is 50.2 cm³/mol. The van der Waals surface area contributed by atoms with Crippen molar-refractivity contribution >= 4 is 4.54 Å². The molecule has 0 saturated carbocycles. The van der Waals surface area contributed by atoms with E-state index in [9.17, 15) is 0 Å². The van der Waals surface area contributed by atoms with Crippen molar-refractivity contribution < 1.29 is 24.9 Å². The first-order valence-corrected chi connectivity index (χ1v) is 4.10. The van der Waals surface area contributed by atoms with E-state index in [0.29, 0.717) is 0 Å². The number of rotatable bonds is 1. The van der Waals surface area contributed by atoms with E-state index in [-0.39, 0.29) is 0 Å². The third-order valence-corrected chi connectivity index (χ3v) is 1.20. The summed E-state index contributed by atoms with van der Waals surface area (Å²) < 4.78 is 16.1. The van der Waals surface area contributed by atoms with E-state index >= 15 is 0 Å². The predicted octanol–water partition coefficient (Wildman–Crippen LogP) is 1.14. The van der Waals surface area contributed by atoms with Crippen LogP contribution in [-0.2, 0) is 24.9 Å². The summed E-state index contributed by atoms with van der Waals surface area (Å²) >= 11 is 3.18. The molecule has 0 fully saturated rings. The molecule has 1 N–H and O–H groups in total. The van der Waals surface area contributed by atoms with Gasteiger partial charge in [-0.25, -0.2) is 0 Å². The normalized spacial score (nSPS) is 9.29. The molecular formula is C10H12MnNO2. The number of hydrogen-bond donors (Lipinski definition) is 1. The Morgan fingerprint density at radius 2 is 1.36 bits per heavy atom. The smallest absolute Gasteiger partial charge is 0.00506 e. The number of allylic oxidation sites excluding steroid dienone is 4. The van der Waals surface area contributed by atoms with Gasteiger partial charge in [0.05, 0.1) is 0 Å². The molecule has 76 valence electrons. The summed E-state index contributed by atoms with van der Waals surface area (Å²) in [4.78, 5) is 0. The zero-order chi connectivity index (χ0) is 11.8. The molecule has 1 aliphatic rings. The van der Waals surface area contributed by atoms with Crippen LogP contribution in [0.15, 0.2) is 24.3 Å². The van der Waals surface area contributed by atoms with E-state index in [2.05, 4.69) is 34.2 Å². The van der Waals surface area contributed by atoms with Crippen LogP contribution < -0.4 is 5.32 Å². The molecule has 0 unspecified atom stereocenters. The van der Waals surface area contributed by atoms with Crippen molar-refractivity contribution in [3.05, 3.63) is 44.0 Å². The van der Waals surface area contributed by atoms with Gasteiger partial charge in [-0.1, -0.05) is 24.3 Å². The summed E-state index contributed by atoms with van der Waals surface area (Å²) in [7, 11) is 1.87. The second kappa shape index (κ2) is 22.8. The van der Waals surface area contributed by atoms with Crippen molar-refractivity contribution in [2.45, 2.75) is 6.92 Å². The fourth-order valence-electron chi connectivity index (χ4n) is 0.321. The molecular weight excluding hydrogens is 221 g/mol. The van der Waals surface area contributed by atoms with Gasteiger partial charge in [0.25, 0.3) is 0 Å². The summed E-state index contributed by atoms with van der Waals surface area (Å²) in [5, 5.41) is 2.86. The first-order chi connectivity index (χ1) is 6.77. The molecule has 1 aliphatic carbocycles. The molecule has 4 heteroatoms. The second-order valence-electron chi connectivity index (χ2n) is 1.75. The van der Waals surface area contributed by atoms with Crippen LogP contribution in [0, 0.1) is 19.7 Å². The Bertz CT molecular complexity index is 201. The average Bonchev–Trinajstić information content (AvgIpc) is 2.82. The Hall–Kier alpha value is -0.691. The molecule has 0 aliphatic heterocycles. The minimum Gasteiger partial charge on any atom is -0.0767 e. The van der Waals surface area contributed by atoms with E-state index in [1.807, 2.05) is 44.7 Å². The van der Waals surface area contributed by atoms with Crippen molar-refractivity contribution in [3.63, 3.8) is 0 Å². The zero-order valence-electron chi connectivity index (χ0n) is 8.08. The third-order valence-electron chi connectivity index (χ3n) is 0.900. The van der Waals surface area contributed by atoms with Gasteiger partial charge in [-0.3, -0.25) is 0 Å². The molecule has 0 heterocycles. The van der Waals surface area contributed by atoms with Crippen molar-refractivity contribution in [3.8, 4) is 0 Å². The van der Waals surface area contributed by atoms with Crippen molar-refractivity contribution in [2.75, 3.05) is 7.05 Å². The fraction of sp³-hybridized carbons (Fsp3) is 0.200. The summed E-state index contributed by atoms with van der Waals surface area (Å²) in [5.74, 6) is 0. The topological polar surface area (TPSA) is 51.8 Å². The third kappa shape index (κ3) is 30.2. The average molecular weight is 233 g/mol. The zero-order valence-corrected chi connectivity index (χ0v) is 9.26. The monoisotopic (exact) mass is 233 g/mol. The summed E-state index contributed by atoms with van der Waals surface area (Å²) in [5.41, 5.74) is 0. The van der Waals surface area contributed by atoms with Crippen LogP contribution in [0.1, 0.15) is 6.92 Å². The van der Waals surface area contributed by atoms with Gasteiger partial charge in [-0.05, 0) is 0 Å². The van der Waals surface area contributed by atoms with Gasteiger partial charge in [0.1, 0.15) is 0 Å². The molecule has 0 saturated heterocycles. The fourth-order valence-corrected chi connectivity index (χ4v) is 0.321. The minimum atomic E-state index is 1.07. The van der Waals surface area contributed by atoms with Crippen molar-refractivity contribution in [2.24, 2.45) is 0 Å². The van der Waals surface area contributed by atoms with Gasteiger partial charge in [0.2, 0.25) is 0 Å². The molecule has 0 amide bonds. The van der Waals surface area contributed by atoms with Crippen LogP contribution in [0.2, 0.25) is 0 Å². The Kier molecular flexibility index (Phi) is 30.9. The molecule has 14 heavy (non-hydrogen) atoms. The van der Waals surface area contributed by atoms with Crippen LogP contribution in [-0.4, -0.2) is 11.6 Å². The van der Waals surface area contributed by atoms with Crippen LogP contribution in [0.3, 0.4) is 0 Å². The molecule has 3 nitrogen and oxygen atoms in total. The Balaban J connectivity index is -0.000000128. The van der Waals surface area contributed by atoms with Crippen LogP contribution in [0.4, 0.5) is 0 Å². The molecule has 0 aromatic carbocycles. The number of nitrogens with one attached hydrogen (secondary N) is 1. The van der Waals surface area contributed by atoms with Crippen molar-refractivity contribution in [1.82, 2.24) is 5.32 Å². The van der Waals surface area contributed by atoms with Gasteiger partial charge < -0.3 is 0 Å². The molecule has 0 aromatic rings. The van der Waals surface area contributed by atoms with Gasteiger partial charge in [0.15, 0.2) is 0 Å². The van der Waals surface area contributed by atoms with E-state index in [1.165, 1.54) is 0 Å². The maximum Gasteiger partial charge on any atom is 0.00506 e. The molecule has 0 aromatic heterocycles. The molecule has 1 radical (unpaired) electrons. The van der Waals surface area contributed by atoms with Crippen LogP contribution >= 0.6 is 0 Å². The van der Waals surface area contributed by atoms with E-state index < -0.39 is 0 Å². The van der Waals surface area contributed by atoms with Crippen LogP contribution in [0.5, 0.6) is 0 Å². The SMILES string of the molecule is CN[C](C)=[Mn].[C-]#[O+].[C-]#[O+].[CH]1C=CC=C1. The van der Waals surface area contributed by atoms with E-state index in [1.54, 1.807) is 0 Å². The maximum atomic E-state index is 7.50. The van der Waals surface area contributed by atoms with Gasteiger partial charge in [0, 0.05) is 6.42 Å². The molecule has 0 bridgehead atoms. The summed E-state index contributed by atoms with van der Waals surface area (Å²) in [6.07, 6.45) is 10.0. The Morgan fingerprint density at radius 3 is 1.43 bits per heavy atom. The summed E-state index contributed by atoms with van der Waals surface area (Å²) in [6.45, 7) is 10.9. The maximum absolute atomic E-state index is 7.50. The molecule has 0 spiro atoms. The van der Waals surface area contributed by atoms with Gasteiger partial charge in [-0.15, -0.1) is 0 Å². The Morgan fingerprint density at radius 1 is 1.07 bits per heavy atom. The second-order valence-corrected chi connectivity index (χ2v) is 2.63. The largest absolute Gasteiger partial charge is 0.0767 e. The number of hydrogen-bond acceptors (Lipinski definition) is 1. The van der Waals surface area contributed by atoms with Crippen LogP contribution in [0.25, 0.3) is 0 Å². The van der Waals surface area contributed by atoms with Gasteiger partial charge >= 0.3 is 62.0 Å². The summed E-state index contributed by atoms with van der Waals surface area (Å²) in [6, 6.07) is 0. The van der Waals surface area contributed by atoms with E-state index in [0.717, 1.165) is 4.54 Å². The van der Waals surface area contributed by atoms with Gasteiger partial charge in [-0.2, -0.15) is 0 Å². The first-order valence-electron chi connectivity index (χ1n) is 3.51. The first kappa shape index (κ1) is 19.0.